The van der Waals surface area contributed by atoms with Crippen LogP contribution in [0.3, 0.4) is 0 Å². The van der Waals surface area contributed by atoms with E-state index in [2.05, 4.69) is 19.0 Å². The first-order chi connectivity index (χ1) is 17.5. The second-order valence-electron chi connectivity index (χ2n) is 10.2. The summed E-state index contributed by atoms with van der Waals surface area (Å²) in [6.45, 7) is 9.62. The monoisotopic (exact) mass is 507 g/mol. The maximum absolute atomic E-state index is 13.5. The zero-order valence-electron chi connectivity index (χ0n) is 21.9. The van der Waals surface area contributed by atoms with Crippen LogP contribution in [0.1, 0.15) is 79.3 Å². The number of carbonyl (C=O) groups is 3. The number of epoxide rings is 1. The maximum atomic E-state index is 13.5. The molecule has 0 saturated carbocycles. The largest absolute Gasteiger partial charge is 0.382 e. The molecule has 1 aliphatic carbocycles. The summed E-state index contributed by atoms with van der Waals surface area (Å²) in [5.74, 6) is -1.35. The van der Waals surface area contributed by atoms with Crippen LogP contribution in [0.5, 0.6) is 0 Å². The van der Waals surface area contributed by atoms with Gasteiger partial charge in [-0.3, -0.25) is 9.59 Å². The molecule has 1 N–H and O–H groups in total. The number of fused-ring (bicyclic) bond motifs is 3. The number of carbonyl (C=O) groups excluding carboxylic acids is 3. The Kier molecular flexibility index (Phi) is 7.46. The number of ether oxygens (including phenoxy) is 2. The van der Waals surface area contributed by atoms with Crippen molar-refractivity contribution < 1.29 is 33.8 Å². The highest BCUT2D eigenvalue weighted by Gasteiger charge is 2.39. The molecule has 8 nitrogen and oxygen atoms in total. The van der Waals surface area contributed by atoms with Crippen LogP contribution in [0.25, 0.3) is 11.1 Å². The third-order valence-corrected chi connectivity index (χ3v) is 7.06. The van der Waals surface area contributed by atoms with Gasteiger partial charge in [0.1, 0.15) is 11.7 Å². The fourth-order valence-corrected chi connectivity index (χ4v) is 4.58. The van der Waals surface area contributed by atoms with Gasteiger partial charge in [0.15, 0.2) is 11.5 Å². The first-order valence-electron chi connectivity index (χ1n) is 12.6. The van der Waals surface area contributed by atoms with Crippen molar-refractivity contribution in [3.8, 4) is 11.1 Å². The highest BCUT2D eigenvalue weighted by Crippen LogP contribution is 2.51. The summed E-state index contributed by atoms with van der Waals surface area (Å²) in [6.07, 6.45) is 0.952. The maximum Gasteiger partial charge on any atom is 0.334 e. The molecule has 0 amide bonds. The third kappa shape index (κ3) is 5.42. The van der Waals surface area contributed by atoms with Crippen molar-refractivity contribution in [1.29, 1.82) is 0 Å². The second kappa shape index (κ2) is 10.3. The van der Waals surface area contributed by atoms with E-state index >= 15 is 0 Å². The number of Topliss-reactive ketones (excluding diaryl/α,β-unsaturated/α-hetero) is 2. The average Bonchev–Trinajstić information content (AvgIpc) is 3.68. The normalized spacial score (nSPS) is 20.3. The van der Waals surface area contributed by atoms with E-state index in [1.807, 2.05) is 12.1 Å². The van der Waals surface area contributed by atoms with Gasteiger partial charge in [0, 0.05) is 23.0 Å². The lowest BCUT2D eigenvalue weighted by Gasteiger charge is -2.26. The molecule has 2 aromatic rings. The summed E-state index contributed by atoms with van der Waals surface area (Å²) in [5.41, 5.74) is 2.73. The molecule has 2 aliphatic rings. The molecule has 0 spiro atoms. The predicted molar refractivity (Wildman–Crippen MR) is 138 cm³/mol. The van der Waals surface area contributed by atoms with E-state index < -0.39 is 17.4 Å². The molecule has 1 aliphatic heterocycles. The minimum absolute atomic E-state index is 0.0126. The second-order valence-corrected chi connectivity index (χ2v) is 10.2. The van der Waals surface area contributed by atoms with Gasteiger partial charge < -0.3 is 19.4 Å². The molecule has 8 heteroatoms. The fraction of sp³-hybridized carbons (Fsp3) is 0.448. The molecular formula is C29H33NO7. The number of hydrogen-bond donors (Lipinski definition) is 1. The van der Waals surface area contributed by atoms with Crippen LogP contribution < -0.4 is 0 Å². The van der Waals surface area contributed by atoms with Crippen molar-refractivity contribution in [3.63, 3.8) is 0 Å². The fourth-order valence-electron chi connectivity index (χ4n) is 4.58. The molecule has 196 valence electrons. The molecule has 1 fully saturated rings. The minimum Gasteiger partial charge on any atom is -0.382 e. The van der Waals surface area contributed by atoms with Gasteiger partial charge in [-0.05, 0) is 54.7 Å². The van der Waals surface area contributed by atoms with E-state index in [-0.39, 0.29) is 36.0 Å². The number of ketones is 2. The summed E-state index contributed by atoms with van der Waals surface area (Å²) in [4.78, 5) is 42.8. The third-order valence-electron chi connectivity index (χ3n) is 7.06. The Morgan fingerprint density at radius 1 is 1.08 bits per heavy atom. The molecule has 37 heavy (non-hydrogen) atoms. The molecule has 2 atom stereocenters. The minimum atomic E-state index is -1.51. The summed E-state index contributed by atoms with van der Waals surface area (Å²) in [6, 6.07) is 10.9. The van der Waals surface area contributed by atoms with E-state index in [0.717, 1.165) is 28.7 Å². The van der Waals surface area contributed by atoms with Crippen molar-refractivity contribution in [2.75, 3.05) is 19.8 Å². The lowest BCUT2D eigenvalue weighted by Crippen LogP contribution is -2.31. The number of benzene rings is 2. The summed E-state index contributed by atoms with van der Waals surface area (Å²) in [5, 5.41) is 14.1. The lowest BCUT2D eigenvalue weighted by molar-refractivity contribution is -0.143. The highest BCUT2D eigenvalue weighted by molar-refractivity contribution is 6.46. The van der Waals surface area contributed by atoms with Gasteiger partial charge in [-0.2, -0.15) is 0 Å². The molecule has 0 bridgehead atoms. The summed E-state index contributed by atoms with van der Waals surface area (Å²) >= 11 is 0. The van der Waals surface area contributed by atoms with Crippen LogP contribution in [0, 0.1) is 0 Å². The van der Waals surface area contributed by atoms with Crippen LogP contribution in [-0.4, -0.2) is 59.9 Å². The molecule has 1 saturated heterocycles. The quantitative estimate of drug-likeness (QED) is 0.159. The van der Waals surface area contributed by atoms with Crippen molar-refractivity contribution in [2.24, 2.45) is 5.16 Å². The Morgan fingerprint density at radius 3 is 2.22 bits per heavy atom. The molecule has 2 unspecified atom stereocenters. The molecular weight excluding hydrogens is 474 g/mol. The number of hydrogen-bond acceptors (Lipinski definition) is 8. The van der Waals surface area contributed by atoms with E-state index in [9.17, 15) is 19.5 Å². The molecule has 0 aromatic heterocycles. The molecule has 2 aromatic carbocycles. The van der Waals surface area contributed by atoms with Gasteiger partial charge in [-0.15, -0.1) is 0 Å². The Bertz CT molecular complexity index is 1270. The zero-order valence-corrected chi connectivity index (χ0v) is 21.9. The average molecular weight is 508 g/mol. The first kappa shape index (κ1) is 26.9. The smallest absolute Gasteiger partial charge is 0.334 e. The van der Waals surface area contributed by atoms with Crippen molar-refractivity contribution in [1.82, 2.24) is 0 Å². The Morgan fingerprint density at radius 2 is 1.68 bits per heavy atom. The molecule has 0 radical (unpaired) electrons. The SMILES string of the molecule is CCC(=O)O/N=C(\COCC1CO1)C(=O)c1ccc2c(c1)-c1cc(C(=O)C(C)(C)O)ccc1C2(C)CC. The van der Waals surface area contributed by atoms with Gasteiger partial charge in [0.05, 0.1) is 19.8 Å². The van der Waals surface area contributed by atoms with E-state index in [0.29, 0.717) is 24.3 Å². The predicted octanol–water partition coefficient (Wildman–Crippen LogP) is 4.24. The van der Waals surface area contributed by atoms with Gasteiger partial charge in [-0.25, -0.2) is 4.79 Å². The Hall–Kier alpha value is -3.20. The van der Waals surface area contributed by atoms with Gasteiger partial charge >= 0.3 is 5.97 Å². The van der Waals surface area contributed by atoms with Crippen LogP contribution in [0.2, 0.25) is 0 Å². The number of oxime groups is 1. The van der Waals surface area contributed by atoms with Crippen molar-refractivity contribution in [3.05, 3.63) is 58.7 Å². The van der Waals surface area contributed by atoms with Gasteiger partial charge in [-0.1, -0.05) is 50.2 Å². The van der Waals surface area contributed by atoms with Gasteiger partial charge in [0.2, 0.25) is 5.78 Å². The Balaban J connectivity index is 1.72. The van der Waals surface area contributed by atoms with E-state index in [1.165, 1.54) is 13.8 Å². The zero-order chi connectivity index (χ0) is 27.0. The lowest BCUT2D eigenvalue weighted by atomic mass is 9.77. The van der Waals surface area contributed by atoms with Crippen LogP contribution in [0.4, 0.5) is 0 Å². The number of rotatable bonds is 11. The molecule has 4 rings (SSSR count). The first-order valence-corrected chi connectivity index (χ1v) is 12.6. The van der Waals surface area contributed by atoms with Crippen molar-refractivity contribution >= 4 is 23.2 Å². The van der Waals surface area contributed by atoms with E-state index in [1.54, 1.807) is 31.2 Å². The Labute approximate surface area is 216 Å². The number of aliphatic hydroxyl groups is 1. The van der Waals surface area contributed by atoms with Gasteiger partial charge in [0.25, 0.3) is 0 Å². The standard InChI is InChI=1S/C29H33NO7/c1-6-25(31)37-30-24(16-35-14-19-15-36-19)26(32)17-8-10-22-20(12-17)21-13-18(27(33)28(3,4)34)9-11-23(21)29(22,5)7-2/h8-13,19,34H,6-7,14-16H2,1-5H3/b30-24+. The van der Waals surface area contributed by atoms with E-state index in [4.69, 9.17) is 14.3 Å². The topological polar surface area (TPSA) is 115 Å². The molecule has 1 heterocycles. The highest BCUT2D eigenvalue weighted by atomic mass is 16.7. The van der Waals surface area contributed by atoms with Crippen molar-refractivity contribution in [2.45, 2.75) is 64.6 Å². The number of nitrogens with zero attached hydrogens (tertiary/aromatic N) is 1. The summed E-state index contributed by atoms with van der Waals surface area (Å²) < 4.78 is 10.7. The summed E-state index contributed by atoms with van der Waals surface area (Å²) in [7, 11) is 0. The van der Waals surface area contributed by atoms with Crippen LogP contribution in [-0.2, 0) is 24.5 Å². The van der Waals surface area contributed by atoms with Crippen LogP contribution in [0.15, 0.2) is 41.6 Å². The van der Waals surface area contributed by atoms with Crippen LogP contribution >= 0.6 is 0 Å².